The van der Waals surface area contributed by atoms with E-state index in [1.54, 1.807) is 18.1 Å². The summed E-state index contributed by atoms with van der Waals surface area (Å²) in [6, 6.07) is 0. The molecule has 4 fully saturated rings. The lowest BCUT2D eigenvalue weighted by Crippen LogP contribution is -2.69. The second-order valence-electron chi connectivity index (χ2n) is 11.9. The number of carbonyl (C=O) groups is 2. The Hall–Kier alpha value is -1.57. The van der Waals surface area contributed by atoms with E-state index in [0.717, 1.165) is 12.0 Å². The van der Waals surface area contributed by atoms with Gasteiger partial charge in [0.1, 0.15) is 0 Å². The van der Waals surface area contributed by atoms with Crippen molar-refractivity contribution in [2.45, 2.75) is 77.2 Å². The smallest absolute Gasteiger partial charge is 0.339 e. The van der Waals surface area contributed by atoms with Gasteiger partial charge in [0.25, 0.3) is 0 Å². The van der Waals surface area contributed by atoms with Crippen LogP contribution in [0, 0.1) is 34.5 Å². The Kier molecular flexibility index (Phi) is 5.07. The number of hydrogen-bond donors (Lipinski definition) is 2. The van der Waals surface area contributed by atoms with Crippen molar-refractivity contribution in [3.05, 3.63) is 23.8 Å². The molecule has 1 aliphatic heterocycles. The number of aliphatic carboxylic acids is 1. The number of aliphatic hydroxyl groups is 1. The summed E-state index contributed by atoms with van der Waals surface area (Å²) in [5.74, 6) is -1.64. The lowest BCUT2D eigenvalue weighted by Gasteiger charge is -2.62. The van der Waals surface area contributed by atoms with E-state index in [1.165, 1.54) is 12.2 Å². The van der Waals surface area contributed by atoms with Crippen LogP contribution in [-0.4, -0.2) is 57.5 Å². The van der Waals surface area contributed by atoms with E-state index in [1.807, 2.05) is 6.92 Å². The molecule has 0 spiro atoms. The van der Waals surface area contributed by atoms with Crippen molar-refractivity contribution in [1.29, 1.82) is 0 Å². The van der Waals surface area contributed by atoms with Gasteiger partial charge in [-0.05, 0) is 63.0 Å². The molecule has 1 saturated heterocycles. The Labute approximate surface area is 194 Å². The number of carboxylic acids is 1. The molecule has 0 aromatic carbocycles. The molecule has 0 aromatic rings. The minimum absolute atomic E-state index is 0.0240. The molecule has 0 unspecified atom stereocenters. The third-order valence-electron chi connectivity index (χ3n) is 9.96. The first-order valence-corrected chi connectivity index (χ1v) is 12.4. The first-order valence-electron chi connectivity index (χ1n) is 12.4. The molecular formula is C26H36FNO5. The highest BCUT2D eigenvalue weighted by atomic mass is 19.1. The molecule has 0 radical (unpaired) electrons. The van der Waals surface area contributed by atoms with Gasteiger partial charge >= 0.3 is 5.97 Å². The predicted octanol–water partition coefficient (Wildman–Crippen LogP) is 3.70. The van der Waals surface area contributed by atoms with E-state index in [9.17, 15) is 19.8 Å². The van der Waals surface area contributed by atoms with Crippen molar-refractivity contribution in [2.24, 2.45) is 34.5 Å². The zero-order chi connectivity index (χ0) is 24.0. The van der Waals surface area contributed by atoms with Gasteiger partial charge in [-0.25, -0.2) is 9.18 Å². The van der Waals surface area contributed by atoms with Gasteiger partial charge in [-0.1, -0.05) is 32.4 Å². The van der Waals surface area contributed by atoms with Crippen molar-refractivity contribution in [1.82, 2.24) is 5.06 Å². The van der Waals surface area contributed by atoms with Gasteiger partial charge in [0, 0.05) is 35.8 Å². The Bertz CT molecular complexity index is 947. The number of carbonyl (C=O) groups excluding carboxylic acids is 1. The number of aliphatic hydroxyl groups excluding tert-OH is 1. The zero-order valence-electron chi connectivity index (χ0n) is 20.0. The molecule has 3 saturated carbocycles. The molecule has 0 amide bonds. The number of carboxylic acid groups (broad SMARTS) is 1. The van der Waals surface area contributed by atoms with Gasteiger partial charge < -0.3 is 10.2 Å². The van der Waals surface area contributed by atoms with E-state index < -0.39 is 40.1 Å². The van der Waals surface area contributed by atoms with Crippen molar-refractivity contribution in [2.75, 3.05) is 13.1 Å². The molecule has 182 valence electrons. The highest BCUT2D eigenvalue weighted by molar-refractivity contribution is 6.01. The van der Waals surface area contributed by atoms with E-state index in [0.29, 0.717) is 38.3 Å². The fourth-order valence-corrected chi connectivity index (χ4v) is 8.23. The monoisotopic (exact) mass is 461 g/mol. The van der Waals surface area contributed by atoms with Crippen LogP contribution in [0.4, 0.5) is 4.39 Å². The van der Waals surface area contributed by atoms with Gasteiger partial charge in [0.05, 0.1) is 6.10 Å². The Morgan fingerprint density at radius 2 is 2.06 bits per heavy atom. The standard InChI is InChI=1S/C26H36FNO5/c1-15(2)8-10-28-14-17-12-20-19-6-5-16-11-18(29)7-9-23(16,3)25(19,27)21(30)13-24(20,4)26(17,33-28)22(31)32/h7,9,11,15,17,19-21,30H,5-6,8,10,12-14H2,1-4H3,(H,31,32)/t17-,19-,20-,21-,23-,24-,25-,26-/m0/s1. The molecule has 5 rings (SSSR count). The third kappa shape index (κ3) is 2.76. The maximum atomic E-state index is 17.2. The summed E-state index contributed by atoms with van der Waals surface area (Å²) in [4.78, 5) is 31.1. The summed E-state index contributed by atoms with van der Waals surface area (Å²) in [7, 11) is 0. The lowest BCUT2D eigenvalue weighted by molar-refractivity contribution is -0.272. The molecule has 7 heteroatoms. The van der Waals surface area contributed by atoms with Gasteiger partial charge in [0.15, 0.2) is 17.1 Å². The zero-order valence-corrected chi connectivity index (χ0v) is 20.0. The average Bonchev–Trinajstić information content (AvgIpc) is 3.22. The summed E-state index contributed by atoms with van der Waals surface area (Å²) < 4.78 is 17.2. The fourth-order valence-electron chi connectivity index (χ4n) is 8.23. The summed E-state index contributed by atoms with van der Waals surface area (Å²) in [5, 5.41) is 23.7. The maximum Gasteiger partial charge on any atom is 0.339 e. The summed E-state index contributed by atoms with van der Waals surface area (Å²) in [5.41, 5.74) is -4.62. The second kappa shape index (κ2) is 7.22. The Morgan fingerprint density at radius 3 is 2.73 bits per heavy atom. The van der Waals surface area contributed by atoms with Crippen LogP contribution in [-0.2, 0) is 14.4 Å². The molecule has 33 heavy (non-hydrogen) atoms. The van der Waals surface area contributed by atoms with Gasteiger partial charge in [-0.2, -0.15) is 5.06 Å². The average molecular weight is 462 g/mol. The number of nitrogens with zero attached hydrogens (tertiary/aromatic N) is 1. The maximum absolute atomic E-state index is 17.2. The number of fused-ring (bicyclic) bond motifs is 7. The summed E-state index contributed by atoms with van der Waals surface area (Å²) >= 11 is 0. The number of ketones is 1. The summed E-state index contributed by atoms with van der Waals surface area (Å²) in [6.07, 6.45) is 5.79. The van der Waals surface area contributed by atoms with Crippen molar-refractivity contribution < 1.29 is 29.0 Å². The van der Waals surface area contributed by atoms with Crippen LogP contribution in [0.3, 0.4) is 0 Å². The van der Waals surface area contributed by atoms with Crippen LogP contribution in [0.25, 0.3) is 0 Å². The number of allylic oxidation sites excluding steroid dienone is 4. The molecule has 0 bridgehead atoms. The van der Waals surface area contributed by atoms with Crippen LogP contribution < -0.4 is 0 Å². The van der Waals surface area contributed by atoms with E-state index >= 15 is 4.39 Å². The largest absolute Gasteiger partial charge is 0.479 e. The molecule has 2 N–H and O–H groups in total. The molecular weight excluding hydrogens is 425 g/mol. The van der Waals surface area contributed by atoms with Crippen LogP contribution >= 0.6 is 0 Å². The Morgan fingerprint density at radius 1 is 1.33 bits per heavy atom. The minimum Gasteiger partial charge on any atom is -0.479 e. The quantitative estimate of drug-likeness (QED) is 0.664. The van der Waals surface area contributed by atoms with E-state index in [4.69, 9.17) is 4.84 Å². The van der Waals surface area contributed by atoms with Gasteiger partial charge in [-0.15, -0.1) is 0 Å². The first-order chi connectivity index (χ1) is 15.4. The van der Waals surface area contributed by atoms with Gasteiger partial charge in [-0.3, -0.25) is 9.63 Å². The van der Waals surface area contributed by atoms with E-state index in [2.05, 4.69) is 13.8 Å². The van der Waals surface area contributed by atoms with Crippen LogP contribution in [0.5, 0.6) is 0 Å². The predicted molar refractivity (Wildman–Crippen MR) is 120 cm³/mol. The number of alkyl halides is 1. The molecule has 4 aliphatic carbocycles. The molecule has 0 aromatic heterocycles. The molecule has 6 nitrogen and oxygen atoms in total. The molecule has 5 aliphatic rings. The van der Waals surface area contributed by atoms with Crippen LogP contribution in [0.15, 0.2) is 23.8 Å². The van der Waals surface area contributed by atoms with Crippen molar-refractivity contribution in [3.63, 3.8) is 0 Å². The molecule has 1 heterocycles. The van der Waals surface area contributed by atoms with E-state index in [-0.39, 0.29) is 24.0 Å². The SMILES string of the molecule is CC(C)CCN1C[C@@H]2C[C@H]3[C@@H]4CCC5=CC(=O)C=C[C@]5(C)[C@@]4(F)[C@@H](O)C[C@]3(C)[C@]2(C(=O)O)O1. The summed E-state index contributed by atoms with van der Waals surface area (Å²) in [6.45, 7) is 9.11. The number of hydrogen-bond acceptors (Lipinski definition) is 5. The number of hydroxylamine groups is 2. The van der Waals surface area contributed by atoms with Crippen LogP contribution in [0.1, 0.15) is 59.8 Å². The van der Waals surface area contributed by atoms with Gasteiger partial charge in [0.2, 0.25) is 0 Å². The first kappa shape index (κ1) is 23.2. The third-order valence-corrected chi connectivity index (χ3v) is 9.96. The highest BCUT2D eigenvalue weighted by Crippen LogP contribution is 2.72. The lowest BCUT2D eigenvalue weighted by atomic mass is 9.45. The second-order valence-corrected chi connectivity index (χ2v) is 11.9. The highest BCUT2D eigenvalue weighted by Gasteiger charge is 2.79. The number of rotatable bonds is 4. The van der Waals surface area contributed by atoms with Crippen molar-refractivity contribution >= 4 is 11.8 Å². The van der Waals surface area contributed by atoms with Crippen LogP contribution in [0.2, 0.25) is 0 Å². The molecule has 8 atom stereocenters. The minimum atomic E-state index is -1.95. The fraction of sp³-hybridized carbons (Fsp3) is 0.769. The normalized spacial score (nSPS) is 48.8. The van der Waals surface area contributed by atoms with Crippen molar-refractivity contribution in [3.8, 4) is 0 Å². The topological polar surface area (TPSA) is 87.1 Å². The Balaban J connectivity index is 1.53. The number of halogens is 1.